The smallest absolute Gasteiger partial charge is 0.223 e. The van der Waals surface area contributed by atoms with Crippen molar-refractivity contribution in [1.29, 1.82) is 0 Å². The number of nitrogens with two attached hydrogens (primary N) is 4. The van der Waals surface area contributed by atoms with E-state index in [1.165, 1.54) is 6.07 Å². The lowest BCUT2D eigenvalue weighted by molar-refractivity contribution is 0.636. The molecule has 0 bridgehead atoms. The molecule has 10 rings (SSSR count). The summed E-state index contributed by atoms with van der Waals surface area (Å²) in [4.78, 5) is 43.0. The van der Waals surface area contributed by atoms with Crippen molar-refractivity contribution in [2.24, 2.45) is 5.11 Å². The van der Waals surface area contributed by atoms with E-state index >= 15 is 0 Å². The van der Waals surface area contributed by atoms with Crippen LogP contribution in [0.4, 0.5) is 23.8 Å². The first-order chi connectivity index (χ1) is 38.4. The first-order valence-corrected chi connectivity index (χ1v) is 28.8. The van der Waals surface area contributed by atoms with E-state index in [2.05, 4.69) is 118 Å². The van der Waals surface area contributed by atoms with Gasteiger partial charge >= 0.3 is 0 Å². The van der Waals surface area contributed by atoms with Gasteiger partial charge in [-0.3, -0.25) is 9.97 Å². The van der Waals surface area contributed by atoms with Crippen molar-refractivity contribution >= 4 is 66.7 Å². The lowest BCUT2D eigenvalue weighted by Crippen LogP contribution is -2.15. The van der Waals surface area contributed by atoms with E-state index < -0.39 is 8.07 Å². The highest BCUT2D eigenvalue weighted by Gasteiger charge is 2.12. The number of hydrogen-bond donors (Lipinski definition) is 4. The van der Waals surface area contributed by atoms with Crippen LogP contribution < -0.4 is 22.9 Å². The van der Waals surface area contributed by atoms with Crippen molar-refractivity contribution in [3.05, 3.63) is 177 Å². The summed E-state index contributed by atoms with van der Waals surface area (Å²) >= 11 is 16.6. The quantitative estimate of drug-likeness (QED) is 0.0233. The molecule has 0 amide bonds. The largest absolute Gasteiger partial charge is 0.368 e. The van der Waals surface area contributed by atoms with Gasteiger partial charge in [0.05, 0.1) is 30.7 Å². The lowest BCUT2D eigenvalue weighted by atomic mass is 10.2. The minimum atomic E-state index is -1.10. The molecule has 0 aliphatic rings. The summed E-state index contributed by atoms with van der Waals surface area (Å²) in [5, 5.41) is 24.8. The van der Waals surface area contributed by atoms with Gasteiger partial charge in [0.15, 0.2) is 17.5 Å². The van der Waals surface area contributed by atoms with E-state index in [1.807, 2.05) is 80.8 Å². The van der Waals surface area contributed by atoms with Gasteiger partial charge in [-0.1, -0.05) is 120 Å². The van der Waals surface area contributed by atoms with Crippen molar-refractivity contribution in [2.45, 2.75) is 95.0 Å². The van der Waals surface area contributed by atoms with E-state index in [0.717, 1.165) is 47.7 Å². The number of nitrogens with zero attached hydrogens (tertiary/aromatic N) is 22. The van der Waals surface area contributed by atoms with E-state index in [-0.39, 0.29) is 56.4 Å². The third kappa shape index (κ3) is 24.4. The molecular formula is C53H69Cl3N26Si. The Morgan fingerprint density at radius 1 is 0.542 bits per heavy atom. The second-order valence-corrected chi connectivity index (χ2v) is 23.0. The maximum atomic E-state index is 8.08. The molecule has 8 N–H and O–H groups in total. The van der Waals surface area contributed by atoms with Gasteiger partial charge in [-0.05, 0) is 67.3 Å². The fourth-order valence-corrected chi connectivity index (χ4v) is 6.67. The van der Waals surface area contributed by atoms with Crippen molar-refractivity contribution in [2.75, 3.05) is 22.9 Å². The van der Waals surface area contributed by atoms with Gasteiger partial charge in [0.25, 0.3) is 0 Å². The topological polar surface area (TPSA) is 366 Å². The average molecular weight is 1200 g/mol. The van der Waals surface area contributed by atoms with Crippen LogP contribution in [0.2, 0.25) is 35.1 Å². The summed E-state index contributed by atoms with van der Waals surface area (Å²) in [5.74, 6) is 2.51. The molecule has 26 nitrogen and oxygen atoms in total. The van der Waals surface area contributed by atoms with Crippen LogP contribution in [0, 0.1) is 12.0 Å². The van der Waals surface area contributed by atoms with Crippen LogP contribution in [0.1, 0.15) is 71.5 Å². The number of pyridine rings is 2. The predicted octanol–water partition coefficient (Wildman–Crippen LogP) is 10.4. The molecule has 0 saturated carbocycles. The van der Waals surface area contributed by atoms with Crippen LogP contribution >= 0.6 is 34.8 Å². The maximum absolute atomic E-state index is 8.08. The highest BCUT2D eigenvalue weighted by atomic mass is 35.5. The van der Waals surface area contributed by atoms with E-state index in [4.69, 9.17) is 69.7 Å². The van der Waals surface area contributed by atoms with Gasteiger partial charge < -0.3 is 22.9 Å². The molecule has 0 aliphatic heterocycles. The zero-order chi connectivity index (χ0) is 58.0. The van der Waals surface area contributed by atoms with E-state index in [9.17, 15) is 0 Å². The summed E-state index contributed by atoms with van der Waals surface area (Å²) in [6.07, 6.45) is 19.9. The highest BCUT2D eigenvalue weighted by molar-refractivity contribution is 6.83. The highest BCUT2D eigenvalue weighted by Crippen LogP contribution is 2.19. The molecule has 436 valence electrons. The molecule has 0 radical (unpaired) electrons. The van der Waals surface area contributed by atoms with Crippen molar-refractivity contribution < 1.29 is 0 Å². The van der Waals surface area contributed by atoms with Crippen molar-refractivity contribution in [3.63, 3.8) is 0 Å². The number of terminal acetylenes is 1. The monoisotopic (exact) mass is 1200 g/mol. The number of rotatable bonds is 11. The first kappa shape index (κ1) is 69.7. The molecule has 10 aromatic rings. The fraction of sp³-hybridized carbons (Fsp3) is 0.264. The molecule has 0 atom stereocenters. The van der Waals surface area contributed by atoms with Gasteiger partial charge in [-0.15, -0.1) is 17.1 Å². The van der Waals surface area contributed by atoms with Crippen molar-refractivity contribution in [3.8, 4) is 40.8 Å². The summed E-state index contributed by atoms with van der Waals surface area (Å²) in [6.45, 7) is 13.5. The van der Waals surface area contributed by atoms with Gasteiger partial charge in [-0.25, -0.2) is 43.6 Å². The third-order valence-electron chi connectivity index (χ3n) is 9.78. The minimum Gasteiger partial charge on any atom is -0.368 e. The minimum absolute atomic E-state index is 0. The van der Waals surface area contributed by atoms with Crippen LogP contribution in [0.15, 0.2) is 127 Å². The third-order valence-corrected chi connectivity index (χ3v) is 11.2. The number of aromatic nitrogens is 19. The Kier molecular flexibility index (Phi) is 29.6. The van der Waals surface area contributed by atoms with Gasteiger partial charge in [0, 0.05) is 89.1 Å². The fourth-order valence-electron chi connectivity index (χ4n) is 6.05. The maximum Gasteiger partial charge on any atom is 0.223 e. The van der Waals surface area contributed by atoms with E-state index in [0.29, 0.717) is 47.1 Å². The van der Waals surface area contributed by atoms with Crippen LogP contribution in [0.3, 0.4) is 0 Å². The Labute approximate surface area is 498 Å². The Hall–Kier alpha value is -9.45. The Morgan fingerprint density at radius 2 is 0.964 bits per heavy atom. The molecule has 83 heavy (non-hydrogen) atoms. The van der Waals surface area contributed by atoms with Gasteiger partial charge in [0.2, 0.25) is 23.8 Å². The lowest BCUT2D eigenvalue weighted by Gasteiger charge is -2.04. The first-order valence-electron chi connectivity index (χ1n) is 24.2. The number of aryl methyl sites for hydroxylation is 3. The van der Waals surface area contributed by atoms with Gasteiger partial charge in [0.1, 0.15) is 29.2 Å². The summed E-state index contributed by atoms with van der Waals surface area (Å²) in [7, 11) is -1.10. The molecule has 0 unspecified atom stereocenters. The normalized spacial score (nSPS) is 9.88. The molecule has 0 aromatic carbocycles. The Balaban J connectivity index is 0.000000359. The number of hydrogen-bond acceptors (Lipinski definition) is 20. The Morgan fingerprint density at radius 3 is 1.41 bits per heavy atom. The zero-order valence-corrected chi connectivity index (χ0v) is 47.7. The Bertz CT molecular complexity index is 3510. The van der Waals surface area contributed by atoms with Crippen LogP contribution in [-0.2, 0) is 32.4 Å². The van der Waals surface area contributed by atoms with Gasteiger partial charge in [-0.2, -0.15) is 30.2 Å². The molecular weight excluding hydrogens is 1140 g/mol. The van der Waals surface area contributed by atoms with Crippen LogP contribution in [-0.4, -0.2) is 102 Å². The standard InChI is InChI=1S/C17H17N9.C9H11N5.C8H10N4.C7H6ClN5.C5H10Si.C4H3Cl2N3.3CH4/c1-2-12-5-3-6-13(20-12)10-25-11-15(23-24-25)14-9-16(22-17(18)21-14)26-8-4-7-19-26;1-2-7-6-8(13-9(10)12-7)14-5-3-4-11-14;1-2-7-4-3-5-8(11-7)6-10-12-9;8-5-4-6(12-7(9)11-5)13-3-1-2-10-13;1-5-6(2,3)4;5-2-1-3(6)9-4(7)8-2;;;/h3-9,11H,2,10H2,1H3,(H2,18,21,22);3-6H,2H2,1H3,(H2,10,12,13);3-5H,2,6H2,1H3;1-4H,(H2,9,11,12);1H,2-4H3;1H,(H2,7,8,9);3*1H4. The van der Waals surface area contributed by atoms with Crippen LogP contribution in [0.5, 0.6) is 0 Å². The number of azide groups is 1. The second-order valence-electron chi connectivity index (χ2n) is 17.1. The van der Waals surface area contributed by atoms with E-state index in [1.54, 1.807) is 67.9 Å². The zero-order valence-electron chi connectivity index (χ0n) is 44.4. The van der Waals surface area contributed by atoms with Crippen LogP contribution in [0.25, 0.3) is 39.3 Å². The number of anilines is 4. The summed E-state index contributed by atoms with van der Waals surface area (Å²) in [5.41, 5.74) is 38.8. The predicted molar refractivity (Wildman–Crippen MR) is 332 cm³/mol. The number of nitrogen functional groups attached to an aromatic ring is 4. The molecule has 0 saturated heterocycles. The molecule has 10 aromatic heterocycles. The second kappa shape index (κ2) is 35.3. The molecule has 0 fully saturated rings. The summed E-state index contributed by atoms with van der Waals surface area (Å²) < 4.78 is 6.57. The van der Waals surface area contributed by atoms with Crippen molar-refractivity contribution in [1.82, 2.24) is 94.2 Å². The summed E-state index contributed by atoms with van der Waals surface area (Å²) in [6, 6.07) is 23.8. The molecule has 0 spiro atoms. The molecule has 10 heterocycles. The molecule has 30 heteroatoms. The average Bonchev–Trinajstić information content (AvgIpc) is 4.34. The SMILES string of the molecule is C.C.C.C#C[Si](C)(C)C.CCc1cc(-n2cccn2)nc(N)n1.CCc1cccc(CN=[N+]=[N-])n1.CCc1cccc(Cn2cc(-c3cc(-n4cccn4)nc(N)n3)nn2)n1.Nc1nc(Cl)cc(-n2cccn2)n1.Nc1nc(Cl)cc(Cl)n1. The molecule has 0 aliphatic carbocycles. The number of halogens is 3.